The van der Waals surface area contributed by atoms with E-state index >= 15 is 0 Å². The quantitative estimate of drug-likeness (QED) is 0.118. The largest absolute Gasteiger partial charge is 2.00 e. The SMILES string of the molecule is CC(C)(C)c1[c-]c(-c2nc3c(-c4cc(C(C)(C)C)cc(-c5[c-]ccc(-c6ccccc6)c5)n4)cccc3n2-c2cc[c]([Ge]([CH3])([CH3])[CH3])cc2-c2ccccc2)cc(C(C)(C)C)c1.[Pt+2]. The molecule has 0 fully saturated rings. The number of para-hydroxylation sites is 1. The van der Waals surface area contributed by atoms with E-state index in [0.29, 0.717) is 0 Å². The maximum atomic E-state index is 5.73. The zero-order valence-electron chi connectivity index (χ0n) is 38.4. The van der Waals surface area contributed by atoms with Crippen molar-refractivity contribution >= 4 is 28.7 Å². The Morgan fingerprint density at radius 2 is 1.15 bits per heavy atom. The van der Waals surface area contributed by atoms with Gasteiger partial charge in [0.25, 0.3) is 0 Å². The van der Waals surface area contributed by atoms with Crippen molar-refractivity contribution in [3.63, 3.8) is 0 Å². The van der Waals surface area contributed by atoms with Gasteiger partial charge in [-0.05, 0) is 5.56 Å². The minimum absolute atomic E-state index is 0. The smallest absolute Gasteiger partial charge is 2.00 e. The van der Waals surface area contributed by atoms with Crippen LogP contribution in [0, 0.1) is 12.1 Å². The average Bonchev–Trinajstić information content (AvgIpc) is 3.62. The van der Waals surface area contributed by atoms with Gasteiger partial charge in [-0.25, -0.2) is 0 Å². The summed E-state index contributed by atoms with van der Waals surface area (Å²) >= 11 is -2.24. The second-order valence-corrected chi connectivity index (χ2v) is 31.4. The fourth-order valence-electron chi connectivity index (χ4n) is 7.97. The molecule has 0 saturated carbocycles. The van der Waals surface area contributed by atoms with Crippen molar-refractivity contribution in [3.05, 3.63) is 168 Å². The molecular formula is C57H59GeN3Pt. The summed E-state index contributed by atoms with van der Waals surface area (Å²) in [6, 6.07) is 58.1. The van der Waals surface area contributed by atoms with E-state index in [1.165, 1.54) is 37.8 Å². The van der Waals surface area contributed by atoms with Crippen molar-refractivity contribution in [1.82, 2.24) is 14.5 Å². The Balaban J connectivity index is 0.00000578. The van der Waals surface area contributed by atoms with Gasteiger partial charge in [0.2, 0.25) is 0 Å². The predicted molar refractivity (Wildman–Crippen MR) is 263 cm³/mol. The molecule has 316 valence electrons. The molecule has 0 aliphatic rings. The Bertz CT molecular complexity index is 2850. The summed E-state index contributed by atoms with van der Waals surface area (Å²) in [4.78, 5) is 11.2. The first-order chi connectivity index (χ1) is 28.8. The third-order valence-electron chi connectivity index (χ3n) is 11.8. The molecule has 0 saturated heterocycles. The third kappa shape index (κ3) is 9.27. The first kappa shape index (κ1) is 45.2. The molecule has 0 N–H and O–H groups in total. The third-order valence-corrected chi connectivity index (χ3v) is 16.1. The maximum absolute atomic E-state index is 5.73. The number of benzene rings is 6. The van der Waals surface area contributed by atoms with Crippen molar-refractivity contribution in [2.45, 2.75) is 95.8 Å². The molecule has 8 aromatic rings. The van der Waals surface area contributed by atoms with Gasteiger partial charge in [-0.3, -0.25) is 0 Å². The topological polar surface area (TPSA) is 30.7 Å². The first-order valence-electron chi connectivity index (χ1n) is 21.7. The Labute approximate surface area is 387 Å². The number of fused-ring (bicyclic) bond motifs is 1. The molecular weight excluding hydrogens is 994 g/mol. The van der Waals surface area contributed by atoms with Crippen molar-refractivity contribution < 1.29 is 21.1 Å². The zero-order valence-corrected chi connectivity index (χ0v) is 42.8. The fourth-order valence-corrected chi connectivity index (χ4v) is 10.4. The van der Waals surface area contributed by atoms with Crippen molar-refractivity contribution in [1.29, 1.82) is 0 Å². The predicted octanol–water partition coefficient (Wildman–Crippen LogP) is 14.8. The van der Waals surface area contributed by atoms with Crippen LogP contribution in [0.5, 0.6) is 0 Å². The molecule has 0 atom stereocenters. The number of hydrogen-bond acceptors (Lipinski definition) is 2. The maximum Gasteiger partial charge on any atom is 2.00 e. The number of pyridine rings is 1. The van der Waals surface area contributed by atoms with Gasteiger partial charge in [-0.1, -0.05) is 51.1 Å². The molecule has 0 unspecified atom stereocenters. The molecule has 8 rings (SSSR count). The van der Waals surface area contributed by atoms with E-state index in [2.05, 4.69) is 230 Å². The summed E-state index contributed by atoms with van der Waals surface area (Å²) in [5, 5.41) is 0. The monoisotopic (exact) mass is 1050 g/mol. The van der Waals surface area contributed by atoms with E-state index in [1.54, 1.807) is 0 Å². The van der Waals surface area contributed by atoms with Gasteiger partial charge in [0.15, 0.2) is 0 Å². The van der Waals surface area contributed by atoms with Crippen LogP contribution in [0.1, 0.15) is 79.0 Å². The van der Waals surface area contributed by atoms with Gasteiger partial charge < -0.3 is 0 Å². The van der Waals surface area contributed by atoms with Crippen LogP contribution in [0.2, 0.25) is 17.3 Å². The van der Waals surface area contributed by atoms with Gasteiger partial charge in [-0.15, -0.1) is 29.8 Å². The van der Waals surface area contributed by atoms with E-state index in [4.69, 9.17) is 9.97 Å². The minimum Gasteiger partial charge on any atom is 2.00 e. The van der Waals surface area contributed by atoms with Gasteiger partial charge >= 0.3 is 304 Å². The van der Waals surface area contributed by atoms with Crippen LogP contribution in [0.25, 0.3) is 72.9 Å². The standard InChI is InChI=1S/C57H59GeN3.Pt/c1-55(2,3)43-32-42(33-44(34-43)56(4,5)6)54-60-53-47(27-20-28-52(53)61(54)51-30-29-46(58(10,11)12)37-48(51)39-23-17-14-18-24-39)50-36-45(57(7,8)9)35-49(59-50)41-26-19-25-40(31-41)38-21-15-13-16-22-38;/h13-25,27-32,34-37H,1-12H3;/q-2;+2. The first-order valence-corrected chi connectivity index (χ1v) is 29.0. The van der Waals surface area contributed by atoms with Crippen molar-refractivity contribution in [2.24, 2.45) is 0 Å². The van der Waals surface area contributed by atoms with Crippen LogP contribution in [0.4, 0.5) is 0 Å². The Hall–Kier alpha value is -4.83. The summed E-state index contributed by atoms with van der Waals surface area (Å²) in [5.74, 6) is 8.28. The molecule has 0 aliphatic heterocycles. The molecule has 0 amide bonds. The summed E-state index contributed by atoms with van der Waals surface area (Å²) in [7, 11) is 0. The summed E-state index contributed by atoms with van der Waals surface area (Å²) in [6.07, 6.45) is 0. The molecule has 3 nitrogen and oxygen atoms in total. The number of hydrogen-bond donors (Lipinski definition) is 0. The number of imidazole rings is 1. The summed E-state index contributed by atoms with van der Waals surface area (Å²) in [6.45, 7) is 20.5. The summed E-state index contributed by atoms with van der Waals surface area (Å²) in [5.41, 5.74) is 15.8. The van der Waals surface area contributed by atoms with E-state index in [9.17, 15) is 0 Å². The van der Waals surface area contributed by atoms with Crippen LogP contribution in [0.3, 0.4) is 0 Å². The van der Waals surface area contributed by atoms with E-state index < -0.39 is 13.3 Å². The average molecular weight is 1050 g/mol. The van der Waals surface area contributed by atoms with E-state index in [-0.39, 0.29) is 37.3 Å². The molecule has 0 radical (unpaired) electrons. The van der Waals surface area contributed by atoms with Crippen molar-refractivity contribution in [2.75, 3.05) is 0 Å². The molecule has 6 aromatic carbocycles. The van der Waals surface area contributed by atoms with Gasteiger partial charge in [0, 0.05) is 0 Å². The van der Waals surface area contributed by atoms with Crippen molar-refractivity contribution in [3.8, 4) is 61.8 Å². The second-order valence-electron chi connectivity index (χ2n) is 20.7. The zero-order chi connectivity index (χ0) is 43.5. The number of aromatic nitrogens is 3. The molecule has 62 heavy (non-hydrogen) atoms. The van der Waals surface area contributed by atoms with Gasteiger partial charge in [-0.2, -0.15) is 0 Å². The van der Waals surface area contributed by atoms with Crippen LogP contribution in [-0.4, -0.2) is 27.8 Å². The minimum atomic E-state index is -2.24. The fraction of sp³-hybridized carbons (Fsp3) is 0.263. The van der Waals surface area contributed by atoms with Crippen LogP contribution in [-0.2, 0) is 37.3 Å². The van der Waals surface area contributed by atoms with Crippen LogP contribution >= 0.6 is 0 Å². The second kappa shape index (κ2) is 17.0. The number of nitrogens with zero attached hydrogens (tertiary/aromatic N) is 3. The van der Waals surface area contributed by atoms with Gasteiger partial charge in [0.1, 0.15) is 0 Å². The molecule has 5 heteroatoms. The molecule has 2 heterocycles. The molecule has 0 bridgehead atoms. The van der Waals surface area contributed by atoms with E-state index in [0.717, 1.165) is 56.2 Å². The number of rotatable bonds is 7. The molecule has 0 aliphatic carbocycles. The van der Waals surface area contributed by atoms with Gasteiger partial charge in [0.05, 0.1) is 0 Å². The van der Waals surface area contributed by atoms with Crippen LogP contribution in [0.15, 0.2) is 140 Å². The summed E-state index contributed by atoms with van der Waals surface area (Å²) < 4.78 is 3.87. The molecule has 2 aromatic heterocycles. The Morgan fingerprint density at radius 3 is 1.77 bits per heavy atom. The molecule has 0 spiro atoms. The van der Waals surface area contributed by atoms with Crippen LogP contribution < -0.4 is 4.40 Å². The Morgan fingerprint density at radius 1 is 0.516 bits per heavy atom. The van der Waals surface area contributed by atoms with E-state index in [1.807, 2.05) is 6.07 Å². The Kier molecular flexibility index (Phi) is 12.4. The normalized spacial score (nSPS) is 12.4.